The van der Waals surface area contributed by atoms with Crippen molar-refractivity contribution in [1.82, 2.24) is 4.90 Å². The molecular formula is C10H14BrNO3S. The molecular weight excluding hydrogens is 294 g/mol. The van der Waals surface area contributed by atoms with Gasteiger partial charge in [-0.25, -0.2) is 0 Å². The number of carboxylic acids is 1. The van der Waals surface area contributed by atoms with Gasteiger partial charge in [0.2, 0.25) is 0 Å². The lowest BCUT2D eigenvalue weighted by Gasteiger charge is -2.18. The third kappa shape index (κ3) is 5.07. The van der Waals surface area contributed by atoms with E-state index in [0.29, 0.717) is 19.7 Å². The van der Waals surface area contributed by atoms with E-state index in [1.807, 2.05) is 17.0 Å². The van der Waals surface area contributed by atoms with Gasteiger partial charge in [-0.3, -0.25) is 9.69 Å². The van der Waals surface area contributed by atoms with Crippen molar-refractivity contribution in [2.24, 2.45) is 0 Å². The molecule has 0 saturated carbocycles. The second kappa shape index (κ2) is 7.01. The number of methoxy groups -OCH3 is 1. The molecule has 0 fully saturated rings. The Morgan fingerprint density at radius 3 is 2.88 bits per heavy atom. The van der Waals surface area contributed by atoms with Gasteiger partial charge in [0, 0.05) is 25.1 Å². The fraction of sp³-hybridized carbons (Fsp3) is 0.500. The number of nitrogens with zero attached hydrogens (tertiary/aromatic N) is 1. The zero-order chi connectivity index (χ0) is 12.0. The molecule has 1 rings (SSSR count). The third-order valence-corrected chi connectivity index (χ3v) is 3.59. The summed E-state index contributed by atoms with van der Waals surface area (Å²) in [6.45, 7) is 1.85. The first-order valence-electron chi connectivity index (χ1n) is 4.79. The minimum Gasteiger partial charge on any atom is -0.480 e. The minimum atomic E-state index is -0.813. The summed E-state index contributed by atoms with van der Waals surface area (Å²) in [5.41, 5.74) is 0. The molecule has 1 aromatic heterocycles. The third-order valence-electron chi connectivity index (χ3n) is 1.98. The molecule has 0 unspecified atom stereocenters. The molecule has 0 aliphatic rings. The molecule has 1 aromatic rings. The van der Waals surface area contributed by atoms with Crippen LogP contribution in [0.4, 0.5) is 0 Å². The van der Waals surface area contributed by atoms with E-state index < -0.39 is 5.97 Å². The van der Waals surface area contributed by atoms with Crippen LogP contribution < -0.4 is 0 Å². The second-order valence-corrected chi connectivity index (χ2v) is 5.85. The zero-order valence-corrected chi connectivity index (χ0v) is 11.4. The van der Waals surface area contributed by atoms with Crippen molar-refractivity contribution in [2.45, 2.75) is 6.54 Å². The first-order chi connectivity index (χ1) is 7.61. The van der Waals surface area contributed by atoms with Crippen LogP contribution in [0.1, 0.15) is 4.88 Å². The van der Waals surface area contributed by atoms with Crippen LogP contribution in [0.3, 0.4) is 0 Å². The summed E-state index contributed by atoms with van der Waals surface area (Å²) < 4.78 is 6.02. The van der Waals surface area contributed by atoms with Crippen molar-refractivity contribution in [3.05, 3.63) is 20.8 Å². The van der Waals surface area contributed by atoms with E-state index >= 15 is 0 Å². The Balaban J connectivity index is 2.51. The predicted molar refractivity (Wildman–Crippen MR) is 66.8 cm³/mol. The molecule has 4 nitrogen and oxygen atoms in total. The Labute approximate surface area is 107 Å². The smallest absolute Gasteiger partial charge is 0.317 e. The highest BCUT2D eigenvalue weighted by molar-refractivity contribution is 9.11. The maximum atomic E-state index is 10.7. The molecule has 90 valence electrons. The predicted octanol–water partition coefficient (Wildman–Crippen LogP) is 2.04. The van der Waals surface area contributed by atoms with E-state index in [0.717, 1.165) is 8.66 Å². The Bertz CT molecular complexity index is 343. The van der Waals surface area contributed by atoms with E-state index in [9.17, 15) is 4.79 Å². The zero-order valence-electron chi connectivity index (χ0n) is 8.98. The number of ether oxygens (including phenoxy) is 1. The van der Waals surface area contributed by atoms with E-state index in [4.69, 9.17) is 9.84 Å². The summed E-state index contributed by atoms with van der Waals surface area (Å²) in [6, 6.07) is 3.96. The van der Waals surface area contributed by atoms with Gasteiger partial charge in [-0.1, -0.05) is 0 Å². The Kier molecular flexibility index (Phi) is 5.97. The number of thiophene rings is 1. The van der Waals surface area contributed by atoms with Crippen molar-refractivity contribution >= 4 is 33.2 Å². The molecule has 0 amide bonds. The Morgan fingerprint density at radius 2 is 2.38 bits per heavy atom. The van der Waals surface area contributed by atoms with E-state index in [2.05, 4.69) is 15.9 Å². The lowest BCUT2D eigenvalue weighted by molar-refractivity contribution is -0.138. The molecule has 1 heterocycles. The highest BCUT2D eigenvalue weighted by Gasteiger charge is 2.11. The van der Waals surface area contributed by atoms with Gasteiger partial charge in [0.1, 0.15) is 0 Å². The van der Waals surface area contributed by atoms with Gasteiger partial charge in [0.15, 0.2) is 0 Å². The van der Waals surface area contributed by atoms with Gasteiger partial charge in [0.05, 0.1) is 16.9 Å². The topological polar surface area (TPSA) is 49.8 Å². The van der Waals surface area contributed by atoms with Crippen LogP contribution in [0, 0.1) is 0 Å². The Morgan fingerprint density at radius 1 is 1.62 bits per heavy atom. The van der Waals surface area contributed by atoms with Crippen LogP contribution in [0.25, 0.3) is 0 Å². The summed E-state index contributed by atoms with van der Waals surface area (Å²) in [5, 5.41) is 8.78. The maximum Gasteiger partial charge on any atom is 0.317 e. The maximum absolute atomic E-state index is 10.7. The summed E-state index contributed by atoms with van der Waals surface area (Å²) >= 11 is 5.00. The molecule has 1 N–H and O–H groups in total. The molecule has 0 saturated heterocycles. The van der Waals surface area contributed by atoms with Crippen molar-refractivity contribution in [2.75, 3.05) is 26.8 Å². The number of carbonyl (C=O) groups is 1. The van der Waals surface area contributed by atoms with Crippen LogP contribution in [-0.4, -0.2) is 42.8 Å². The molecule has 0 bridgehead atoms. The number of aliphatic carboxylic acids is 1. The monoisotopic (exact) mass is 307 g/mol. The van der Waals surface area contributed by atoms with Crippen LogP contribution in [0.2, 0.25) is 0 Å². The van der Waals surface area contributed by atoms with E-state index in [1.165, 1.54) is 0 Å². The summed E-state index contributed by atoms with van der Waals surface area (Å²) in [5.74, 6) is -0.813. The van der Waals surface area contributed by atoms with Gasteiger partial charge in [-0.2, -0.15) is 0 Å². The number of carboxylic acid groups (broad SMARTS) is 1. The van der Waals surface area contributed by atoms with Crippen molar-refractivity contribution < 1.29 is 14.6 Å². The van der Waals surface area contributed by atoms with Gasteiger partial charge in [-0.15, -0.1) is 11.3 Å². The van der Waals surface area contributed by atoms with Gasteiger partial charge < -0.3 is 9.84 Å². The lowest BCUT2D eigenvalue weighted by Crippen LogP contribution is -2.31. The number of halogens is 1. The summed E-state index contributed by atoms with van der Waals surface area (Å²) in [6.07, 6.45) is 0. The van der Waals surface area contributed by atoms with Crippen molar-refractivity contribution in [1.29, 1.82) is 0 Å². The Hall–Kier alpha value is -0.430. The first kappa shape index (κ1) is 13.6. The van der Waals surface area contributed by atoms with Crippen molar-refractivity contribution in [3.63, 3.8) is 0 Å². The number of hydrogen-bond donors (Lipinski definition) is 1. The molecule has 0 atom stereocenters. The normalized spacial score (nSPS) is 10.9. The quantitative estimate of drug-likeness (QED) is 0.837. The molecule has 16 heavy (non-hydrogen) atoms. The molecule has 0 aliphatic carbocycles. The SMILES string of the molecule is COCCN(CC(=O)O)Cc1ccc(Br)s1. The summed E-state index contributed by atoms with van der Waals surface area (Å²) in [4.78, 5) is 13.7. The van der Waals surface area contributed by atoms with Gasteiger partial charge in [-0.05, 0) is 28.1 Å². The molecule has 0 radical (unpaired) electrons. The molecule has 6 heteroatoms. The van der Waals surface area contributed by atoms with Crippen LogP contribution in [0.15, 0.2) is 15.9 Å². The highest BCUT2D eigenvalue weighted by atomic mass is 79.9. The largest absolute Gasteiger partial charge is 0.480 e. The molecule has 0 spiro atoms. The van der Waals surface area contributed by atoms with Crippen molar-refractivity contribution in [3.8, 4) is 0 Å². The minimum absolute atomic E-state index is 0.0406. The van der Waals surface area contributed by atoms with E-state index in [-0.39, 0.29) is 6.54 Å². The summed E-state index contributed by atoms with van der Waals surface area (Å²) in [7, 11) is 1.61. The fourth-order valence-corrected chi connectivity index (χ4v) is 2.81. The number of hydrogen-bond acceptors (Lipinski definition) is 4. The standard InChI is InChI=1S/C10H14BrNO3S/c1-15-5-4-12(7-10(13)14)6-8-2-3-9(11)16-8/h2-3H,4-7H2,1H3,(H,13,14). The molecule has 0 aromatic carbocycles. The number of rotatable bonds is 7. The second-order valence-electron chi connectivity index (χ2n) is 3.30. The van der Waals surface area contributed by atoms with E-state index in [1.54, 1.807) is 18.4 Å². The first-order valence-corrected chi connectivity index (χ1v) is 6.40. The van der Waals surface area contributed by atoms with Crippen LogP contribution in [0.5, 0.6) is 0 Å². The van der Waals surface area contributed by atoms with Crippen LogP contribution >= 0.6 is 27.3 Å². The fourth-order valence-electron chi connectivity index (χ4n) is 1.28. The van der Waals surface area contributed by atoms with Gasteiger partial charge in [0.25, 0.3) is 0 Å². The molecule has 0 aliphatic heterocycles. The average molecular weight is 308 g/mol. The lowest BCUT2D eigenvalue weighted by atomic mass is 10.4. The average Bonchev–Trinajstić information content (AvgIpc) is 2.59. The van der Waals surface area contributed by atoms with Gasteiger partial charge >= 0.3 is 5.97 Å². The van der Waals surface area contributed by atoms with Crippen LogP contribution in [-0.2, 0) is 16.1 Å². The highest BCUT2D eigenvalue weighted by Crippen LogP contribution is 2.23.